The maximum absolute atomic E-state index is 12.0. The molecule has 0 fully saturated rings. The van der Waals surface area contributed by atoms with E-state index in [1.165, 1.54) is 9.80 Å². The maximum Gasteiger partial charge on any atom is 0.320 e. The van der Waals surface area contributed by atoms with Gasteiger partial charge in [0.1, 0.15) is 6.04 Å². The summed E-state index contributed by atoms with van der Waals surface area (Å²) in [6.07, 6.45) is 1.42. The Labute approximate surface area is 247 Å². The van der Waals surface area contributed by atoms with Gasteiger partial charge in [-0.25, -0.2) is 15.0 Å². The largest absolute Gasteiger partial charge is 0.480 e. The molecule has 0 aliphatic rings. The number of pyridine rings is 3. The normalized spacial score (nSPS) is 11.9. The number of carboxylic acid groups (broad SMARTS) is 4. The maximum atomic E-state index is 12.0. The Morgan fingerprint density at radius 1 is 0.651 bits per heavy atom. The zero-order chi connectivity index (χ0) is 31.4. The fourth-order valence-corrected chi connectivity index (χ4v) is 4.52. The molecule has 0 aromatic carbocycles. The lowest BCUT2D eigenvalue weighted by Gasteiger charge is -2.27. The lowest BCUT2D eigenvalue weighted by Crippen LogP contribution is -2.43. The van der Waals surface area contributed by atoms with E-state index in [0.29, 0.717) is 53.5 Å². The summed E-state index contributed by atoms with van der Waals surface area (Å²) < 4.78 is 0. The lowest BCUT2D eigenvalue weighted by molar-refractivity contribution is -0.147. The van der Waals surface area contributed by atoms with Crippen LogP contribution in [0.15, 0.2) is 54.6 Å². The Morgan fingerprint density at radius 2 is 1.12 bits per heavy atom. The van der Waals surface area contributed by atoms with Gasteiger partial charge in [-0.2, -0.15) is 0 Å². The molecule has 0 spiro atoms. The van der Waals surface area contributed by atoms with E-state index in [1.807, 2.05) is 0 Å². The second-order valence-electron chi connectivity index (χ2n) is 9.81. The van der Waals surface area contributed by atoms with Gasteiger partial charge in [0.2, 0.25) is 0 Å². The van der Waals surface area contributed by atoms with Crippen molar-refractivity contribution < 1.29 is 39.6 Å². The molecule has 0 amide bonds. The van der Waals surface area contributed by atoms with Crippen LogP contribution in [0.1, 0.15) is 30.7 Å². The van der Waals surface area contributed by atoms with E-state index in [0.717, 1.165) is 0 Å². The Balaban J connectivity index is 1.85. The molecule has 3 rings (SSSR count). The molecule has 3 aromatic heterocycles. The monoisotopic (exact) mass is 594 g/mol. The van der Waals surface area contributed by atoms with Crippen molar-refractivity contribution in [3.63, 3.8) is 0 Å². The van der Waals surface area contributed by atoms with Crippen LogP contribution in [0.3, 0.4) is 0 Å². The molecule has 0 aliphatic heterocycles. The summed E-state index contributed by atoms with van der Waals surface area (Å²) in [4.78, 5) is 62.3. The third-order valence-corrected chi connectivity index (χ3v) is 6.35. The second kappa shape index (κ2) is 16.0. The van der Waals surface area contributed by atoms with Gasteiger partial charge in [0.25, 0.3) is 0 Å². The summed E-state index contributed by atoms with van der Waals surface area (Å²) in [5.74, 6) is -4.58. The molecule has 0 radical (unpaired) electrons. The standard InChI is InChI=1S/C29H34N6O8/c30-13-2-1-12-25(29(42)43)35(18-28(40)41)15-20-7-4-9-22(32-20)24-11-5-10-23(33-24)21-8-3-6-19(31-21)14-34(16-26(36)37)17-27(38)39/h3-11,25H,1-2,12-18,30H2,(H,36,37)(H,38,39)(H,40,41)(H,42,43)/t25-/m0/s1. The van der Waals surface area contributed by atoms with Gasteiger partial charge >= 0.3 is 23.9 Å². The molecule has 14 nitrogen and oxygen atoms in total. The van der Waals surface area contributed by atoms with E-state index in [-0.39, 0.29) is 19.5 Å². The zero-order valence-electron chi connectivity index (χ0n) is 23.4. The minimum atomic E-state index is -1.15. The van der Waals surface area contributed by atoms with Crippen molar-refractivity contribution in [2.75, 3.05) is 26.2 Å². The topological polar surface area (TPSA) is 220 Å². The number of hydrogen-bond donors (Lipinski definition) is 5. The highest BCUT2D eigenvalue weighted by atomic mass is 16.4. The van der Waals surface area contributed by atoms with E-state index >= 15 is 0 Å². The number of carbonyl (C=O) groups is 4. The molecule has 3 aromatic rings. The zero-order valence-corrected chi connectivity index (χ0v) is 23.4. The quantitative estimate of drug-likeness (QED) is 0.132. The molecule has 14 heteroatoms. The van der Waals surface area contributed by atoms with Gasteiger partial charge in [-0.15, -0.1) is 0 Å². The first-order chi connectivity index (χ1) is 20.5. The van der Waals surface area contributed by atoms with Crippen LogP contribution in [0.5, 0.6) is 0 Å². The number of hydrogen-bond acceptors (Lipinski definition) is 10. The van der Waals surface area contributed by atoms with Crippen molar-refractivity contribution in [1.29, 1.82) is 0 Å². The number of rotatable bonds is 18. The van der Waals surface area contributed by atoms with Gasteiger partial charge in [0.15, 0.2) is 0 Å². The summed E-state index contributed by atoms with van der Waals surface area (Å²) in [6, 6.07) is 14.5. The van der Waals surface area contributed by atoms with Crippen LogP contribution in [-0.4, -0.2) is 101 Å². The van der Waals surface area contributed by atoms with Gasteiger partial charge < -0.3 is 26.2 Å². The van der Waals surface area contributed by atoms with E-state index in [2.05, 4.69) is 15.0 Å². The van der Waals surface area contributed by atoms with E-state index < -0.39 is 49.6 Å². The van der Waals surface area contributed by atoms with Crippen LogP contribution in [0, 0.1) is 0 Å². The molecule has 0 aliphatic carbocycles. The summed E-state index contributed by atoms with van der Waals surface area (Å²) >= 11 is 0. The Kier molecular flexibility index (Phi) is 12.2. The van der Waals surface area contributed by atoms with E-state index in [1.54, 1.807) is 54.6 Å². The smallest absolute Gasteiger partial charge is 0.320 e. The molecular weight excluding hydrogens is 560 g/mol. The molecule has 0 saturated heterocycles. The highest BCUT2D eigenvalue weighted by Gasteiger charge is 2.27. The van der Waals surface area contributed by atoms with Crippen molar-refractivity contribution in [3.05, 3.63) is 66.0 Å². The molecule has 3 heterocycles. The molecule has 228 valence electrons. The van der Waals surface area contributed by atoms with Gasteiger partial charge in [0, 0.05) is 13.1 Å². The van der Waals surface area contributed by atoms with Crippen molar-refractivity contribution in [2.45, 2.75) is 38.4 Å². The Hall–Kier alpha value is -4.79. The first-order valence-corrected chi connectivity index (χ1v) is 13.5. The summed E-state index contributed by atoms with van der Waals surface area (Å²) in [7, 11) is 0. The summed E-state index contributed by atoms with van der Waals surface area (Å²) in [5, 5.41) is 37.5. The summed E-state index contributed by atoms with van der Waals surface area (Å²) in [6.45, 7) is -0.984. The highest BCUT2D eigenvalue weighted by Crippen LogP contribution is 2.22. The minimum absolute atomic E-state index is 0.00608. The first-order valence-electron chi connectivity index (χ1n) is 13.5. The van der Waals surface area contributed by atoms with Crippen LogP contribution >= 0.6 is 0 Å². The molecular formula is C29H34N6O8. The minimum Gasteiger partial charge on any atom is -0.480 e. The molecule has 6 N–H and O–H groups in total. The highest BCUT2D eigenvalue weighted by molar-refractivity contribution is 5.75. The van der Waals surface area contributed by atoms with Crippen LogP contribution in [0.2, 0.25) is 0 Å². The number of aromatic nitrogens is 3. The van der Waals surface area contributed by atoms with Crippen molar-refractivity contribution in [2.24, 2.45) is 5.73 Å². The third-order valence-electron chi connectivity index (χ3n) is 6.35. The van der Waals surface area contributed by atoms with Gasteiger partial charge in [0.05, 0.1) is 53.8 Å². The number of nitrogens with zero attached hydrogens (tertiary/aromatic N) is 5. The molecule has 0 unspecified atom stereocenters. The van der Waals surface area contributed by atoms with Crippen molar-refractivity contribution in [1.82, 2.24) is 24.8 Å². The molecule has 43 heavy (non-hydrogen) atoms. The van der Waals surface area contributed by atoms with Crippen molar-refractivity contribution >= 4 is 23.9 Å². The number of carboxylic acids is 4. The molecule has 0 bridgehead atoms. The molecule has 0 saturated carbocycles. The second-order valence-corrected chi connectivity index (χ2v) is 9.81. The predicted molar refractivity (Wildman–Crippen MR) is 154 cm³/mol. The predicted octanol–water partition coefficient (Wildman–Crippen LogP) is 1.65. The van der Waals surface area contributed by atoms with Gasteiger partial charge in [-0.3, -0.25) is 29.0 Å². The van der Waals surface area contributed by atoms with Crippen LogP contribution in [-0.2, 0) is 32.3 Å². The van der Waals surface area contributed by atoms with Crippen LogP contribution in [0.25, 0.3) is 22.8 Å². The third kappa shape index (κ3) is 10.5. The number of unbranched alkanes of at least 4 members (excludes halogenated alkanes) is 1. The fraction of sp³-hybridized carbons (Fsp3) is 0.345. The number of nitrogens with two attached hydrogens (primary N) is 1. The van der Waals surface area contributed by atoms with E-state index in [9.17, 15) is 29.4 Å². The van der Waals surface area contributed by atoms with Crippen molar-refractivity contribution in [3.8, 4) is 22.8 Å². The Bertz CT molecular complexity index is 1420. The van der Waals surface area contributed by atoms with Gasteiger partial charge in [-0.1, -0.05) is 24.6 Å². The molecule has 1 atom stereocenters. The van der Waals surface area contributed by atoms with Crippen LogP contribution in [0.4, 0.5) is 0 Å². The summed E-state index contributed by atoms with van der Waals surface area (Å²) in [5.41, 5.74) is 8.41. The van der Waals surface area contributed by atoms with Crippen LogP contribution < -0.4 is 5.73 Å². The van der Waals surface area contributed by atoms with Gasteiger partial charge in [-0.05, 0) is 55.8 Å². The average molecular weight is 595 g/mol. The first kappa shape index (κ1) is 32.7. The Morgan fingerprint density at radius 3 is 1.58 bits per heavy atom. The average Bonchev–Trinajstić information content (AvgIpc) is 2.94. The number of aliphatic carboxylic acids is 4. The lowest BCUT2D eigenvalue weighted by atomic mass is 10.1. The van der Waals surface area contributed by atoms with E-state index in [4.69, 9.17) is 15.9 Å². The SMILES string of the molecule is NCCCC[C@@H](C(=O)O)N(CC(=O)O)Cc1cccc(-c2cccc(-c3cccc(CN(CC(=O)O)CC(=O)O)n3)n2)n1. The fourth-order valence-electron chi connectivity index (χ4n) is 4.52.